The van der Waals surface area contributed by atoms with Crippen molar-refractivity contribution in [1.82, 2.24) is 0 Å². The van der Waals surface area contributed by atoms with Gasteiger partial charge < -0.3 is 10.1 Å². The third kappa shape index (κ3) is 4.81. The van der Waals surface area contributed by atoms with E-state index in [9.17, 15) is 13.2 Å². The maximum Gasteiger partial charge on any atom is 0.265 e. The maximum atomic E-state index is 12.2. The number of hydrogen-bond acceptors (Lipinski definition) is 4. The molecule has 1 atom stereocenters. The van der Waals surface area contributed by atoms with E-state index in [0.29, 0.717) is 11.4 Å². The van der Waals surface area contributed by atoms with Gasteiger partial charge in [-0.25, -0.2) is 13.6 Å². The van der Waals surface area contributed by atoms with Crippen LogP contribution in [-0.2, 0) is 14.8 Å². The van der Waals surface area contributed by atoms with Crippen molar-refractivity contribution in [3.8, 4) is 5.75 Å². The Balaban J connectivity index is 2.03. The molecule has 2 aromatic carbocycles. The molecule has 128 valence electrons. The van der Waals surface area contributed by atoms with Gasteiger partial charge in [-0.2, -0.15) is 0 Å². The number of nitrogens with two attached hydrogens (primary N) is 1. The fourth-order valence-electron chi connectivity index (χ4n) is 2.23. The number of hydrogen-bond donors (Lipinski definition) is 2. The van der Waals surface area contributed by atoms with Crippen molar-refractivity contribution in [2.45, 2.75) is 31.8 Å². The maximum absolute atomic E-state index is 12.2. The SMILES string of the molecule is Cc1cc(C)cc(OC(C)C(=O)Nc2ccc(S(N)(=O)=O)cc2)c1. The van der Waals surface area contributed by atoms with E-state index in [1.165, 1.54) is 24.3 Å². The summed E-state index contributed by atoms with van der Waals surface area (Å²) in [5.41, 5.74) is 2.57. The lowest BCUT2D eigenvalue weighted by atomic mass is 10.1. The van der Waals surface area contributed by atoms with Gasteiger partial charge in [0.2, 0.25) is 10.0 Å². The lowest BCUT2D eigenvalue weighted by Gasteiger charge is -2.15. The Morgan fingerprint density at radius 3 is 2.12 bits per heavy atom. The summed E-state index contributed by atoms with van der Waals surface area (Å²) in [6.45, 7) is 5.56. The van der Waals surface area contributed by atoms with Crippen molar-refractivity contribution in [2.75, 3.05) is 5.32 Å². The highest BCUT2D eigenvalue weighted by molar-refractivity contribution is 7.89. The van der Waals surface area contributed by atoms with Gasteiger partial charge in [0.15, 0.2) is 6.10 Å². The van der Waals surface area contributed by atoms with Crippen LogP contribution in [0.25, 0.3) is 0 Å². The summed E-state index contributed by atoms with van der Waals surface area (Å²) in [4.78, 5) is 12.2. The summed E-state index contributed by atoms with van der Waals surface area (Å²) in [7, 11) is -3.75. The summed E-state index contributed by atoms with van der Waals surface area (Å²) < 4.78 is 28.1. The Morgan fingerprint density at radius 2 is 1.62 bits per heavy atom. The Bertz CT molecular complexity index is 825. The Labute approximate surface area is 141 Å². The van der Waals surface area contributed by atoms with Crippen LogP contribution in [-0.4, -0.2) is 20.4 Å². The molecule has 0 heterocycles. The quantitative estimate of drug-likeness (QED) is 0.866. The predicted octanol–water partition coefficient (Wildman–Crippen LogP) is 2.36. The summed E-state index contributed by atoms with van der Waals surface area (Å²) in [6.07, 6.45) is -0.705. The Hall–Kier alpha value is -2.38. The van der Waals surface area contributed by atoms with Crippen LogP contribution in [0.1, 0.15) is 18.1 Å². The fraction of sp³-hybridized carbons (Fsp3) is 0.235. The van der Waals surface area contributed by atoms with Gasteiger partial charge in [0.05, 0.1) is 4.90 Å². The molecule has 0 aromatic heterocycles. The average molecular weight is 348 g/mol. The summed E-state index contributed by atoms with van der Waals surface area (Å²) in [5, 5.41) is 7.70. The number of amides is 1. The van der Waals surface area contributed by atoms with E-state index in [1.54, 1.807) is 6.92 Å². The molecule has 1 unspecified atom stereocenters. The Morgan fingerprint density at radius 1 is 1.08 bits per heavy atom. The number of carbonyl (C=O) groups is 1. The van der Waals surface area contributed by atoms with Crippen LogP contribution in [0.5, 0.6) is 5.75 Å². The molecule has 2 aromatic rings. The largest absolute Gasteiger partial charge is 0.481 e. The van der Waals surface area contributed by atoms with Crippen molar-refractivity contribution in [2.24, 2.45) is 5.14 Å². The minimum atomic E-state index is -3.75. The minimum absolute atomic E-state index is 0.0139. The predicted molar refractivity (Wildman–Crippen MR) is 92.5 cm³/mol. The van der Waals surface area contributed by atoms with Crippen molar-refractivity contribution < 1.29 is 17.9 Å². The molecule has 0 bridgehead atoms. The molecule has 6 nitrogen and oxygen atoms in total. The highest BCUT2D eigenvalue weighted by atomic mass is 32.2. The number of rotatable bonds is 5. The van der Waals surface area contributed by atoms with E-state index in [2.05, 4.69) is 5.32 Å². The summed E-state index contributed by atoms with van der Waals surface area (Å²) in [5.74, 6) is 0.289. The van der Waals surface area contributed by atoms with Gasteiger partial charge in [-0.3, -0.25) is 4.79 Å². The van der Waals surface area contributed by atoms with E-state index in [-0.39, 0.29) is 10.8 Å². The molecule has 2 rings (SSSR count). The molecule has 3 N–H and O–H groups in total. The monoisotopic (exact) mass is 348 g/mol. The Kier molecular flexibility index (Phi) is 5.26. The molecule has 0 fully saturated rings. The van der Waals surface area contributed by atoms with Crippen LogP contribution in [0.3, 0.4) is 0 Å². The van der Waals surface area contributed by atoms with Gasteiger partial charge in [0, 0.05) is 5.69 Å². The third-order valence-electron chi connectivity index (χ3n) is 3.33. The number of sulfonamides is 1. The van der Waals surface area contributed by atoms with Gasteiger partial charge >= 0.3 is 0 Å². The molecule has 1 amide bonds. The van der Waals surface area contributed by atoms with Crippen LogP contribution in [0.2, 0.25) is 0 Å². The second kappa shape index (κ2) is 7.02. The standard InChI is InChI=1S/C17H20N2O4S/c1-11-8-12(2)10-15(9-11)23-13(3)17(20)19-14-4-6-16(7-5-14)24(18,21)22/h4-10,13H,1-3H3,(H,19,20)(H2,18,21,22). The number of benzene rings is 2. The molecule has 0 aliphatic rings. The fourth-order valence-corrected chi connectivity index (χ4v) is 2.75. The van der Waals surface area contributed by atoms with Gasteiger partial charge in [-0.05, 0) is 68.3 Å². The van der Waals surface area contributed by atoms with E-state index >= 15 is 0 Å². The zero-order valence-electron chi connectivity index (χ0n) is 13.7. The number of nitrogens with one attached hydrogen (secondary N) is 1. The van der Waals surface area contributed by atoms with E-state index < -0.39 is 16.1 Å². The van der Waals surface area contributed by atoms with E-state index in [4.69, 9.17) is 9.88 Å². The molecule has 24 heavy (non-hydrogen) atoms. The van der Waals surface area contributed by atoms with Crippen molar-refractivity contribution >= 4 is 21.6 Å². The lowest BCUT2D eigenvalue weighted by molar-refractivity contribution is -0.122. The molecule has 0 radical (unpaired) electrons. The molecule has 7 heteroatoms. The van der Waals surface area contributed by atoms with Crippen molar-refractivity contribution in [3.63, 3.8) is 0 Å². The minimum Gasteiger partial charge on any atom is -0.481 e. The first-order chi connectivity index (χ1) is 11.1. The second-order valence-electron chi connectivity index (χ2n) is 5.64. The summed E-state index contributed by atoms with van der Waals surface area (Å²) in [6, 6.07) is 11.4. The molecule has 0 spiro atoms. The molecule has 0 aliphatic heterocycles. The molecular weight excluding hydrogens is 328 g/mol. The topological polar surface area (TPSA) is 98.5 Å². The highest BCUT2D eigenvalue weighted by Crippen LogP contribution is 2.18. The van der Waals surface area contributed by atoms with Gasteiger partial charge in [0.1, 0.15) is 5.75 Å². The number of anilines is 1. The third-order valence-corrected chi connectivity index (χ3v) is 4.26. The number of aryl methyl sites for hydroxylation is 2. The zero-order valence-corrected chi connectivity index (χ0v) is 14.6. The molecule has 0 saturated heterocycles. The summed E-state index contributed by atoms with van der Waals surface area (Å²) >= 11 is 0. The number of ether oxygens (including phenoxy) is 1. The van der Waals surface area contributed by atoms with Crippen LogP contribution in [0, 0.1) is 13.8 Å². The molecular formula is C17H20N2O4S. The number of primary sulfonamides is 1. The molecule has 0 aliphatic carbocycles. The first-order valence-electron chi connectivity index (χ1n) is 7.34. The van der Waals surface area contributed by atoms with Crippen molar-refractivity contribution in [3.05, 3.63) is 53.6 Å². The zero-order chi connectivity index (χ0) is 17.9. The first kappa shape index (κ1) is 18.0. The van der Waals surface area contributed by atoms with E-state index in [0.717, 1.165) is 11.1 Å². The first-order valence-corrected chi connectivity index (χ1v) is 8.88. The van der Waals surface area contributed by atoms with Gasteiger partial charge in [-0.1, -0.05) is 6.07 Å². The van der Waals surface area contributed by atoms with Crippen LogP contribution < -0.4 is 15.2 Å². The van der Waals surface area contributed by atoms with Gasteiger partial charge in [-0.15, -0.1) is 0 Å². The van der Waals surface area contributed by atoms with Crippen LogP contribution >= 0.6 is 0 Å². The normalized spacial score (nSPS) is 12.5. The lowest BCUT2D eigenvalue weighted by Crippen LogP contribution is -2.30. The highest BCUT2D eigenvalue weighted by Gasteiger charge is 2.16. The van der Waals surface area contributed by atoms with Crippen LogP contribution in [0.4, 0.5) is 5.69 Å². The van der Waals surface area contributed by atoms with Crippen LogP contribution in [0.15, 0.2) is 47.4 Å². The van der Waals surface area contributed by atoms with Crippen molar-refractivity contribution in [1.29, 1.82) is 0 Å². The molecule has 0 saturated carbocycles. The average Bonchev–Trinajstić information content (AvgIpc) is 2.45. The van der Waals surface area contributed by atoms with Gasteiger partial charge in [0.25, 0.3) is 5.91 Å². The van der Waals surface area contributed by atoms with E-state index in [1.807, 2.05) is 32.0 Å². The number of carbonyl (C=O) groups excluding carboxylic acids is 1. The smallest absolute Gasteiger partial charge is 0.265 e. The second-order valence-corrected chi connectivity index (χ2v) is 7.20.